The molecule has 0 aromatic carbocycles. The number of tetrazole rings is 1. The van der Waals surface area contributed by atoms with Crippen LogP contribution in [0.1, 0.15) is 41.7 Å². The Hall–Kier alpha value is -1.80. The number of halogens is 1. The summed E-state index contributed by atoms with van der Waals surface area (Å²) in [7, 11) is 0. The fourth-order valence-electron chi connectivity index (χ4n) is 1.73. The van der Waals surface area contributed by atoms with Gasteiger partial charge in [-0.3, -0.25) is 9.59 Å². The van der Waals surface area contributed by atoms with Gasteiger partial charge in [-0.25, -0.2) is 4.68 Å². The lowest BCUT2D eigenvalue weighted by Crippen LogP contribution is -2.11. The van der Waals surface area contributed by atoms with Gasteiger partial charge in [0.1, 0.15) is 0 Å². The number of aromatic nitrogens is 4. The Kier molecular flexibility index (Phi) is 6.02. The second-order valence-electron chi connectivity index (χ2n) is 4.51. The van der Waals surface area contributed by atoms with Crippen LogP contribution >= 0.6 is 22.9 Å². The summed E-state index contributed by atoms with van der Waals surface area (Å²) >= 11 is 6.97. The van der Waals surface area contributed by atoms with E-state index in [1.165, 1.54) is 11.3 Å². The van der Waals surface area contributed by atoms with E-state index in [0.29, 0.717) is 21.6 Å². The van der Waals surface area contributed by atoms with E-state index in [9.17, 15) is 9.59 Å². The van der Waals surface area contributed by atoms with Crippen molar-refractivity contribution in [1.29, 1.82) is 0 Å². The molecule has 0 radical (unpaired) electrons. The molecule has 7 nitrogen and oxygen atoms in total. The van der Waals surface area contributed by atoms with Crippen molar-refractivity contribution in [3.8, 4) is 0 Å². The van der Waals surface area contributed by atoms with Crippen LogP contribution in [0.15, 0.2) is 12.1 Å². The summed E-state index contributed by atoms with van der Waals surface area (Å²) in [5, 5.41) is 11.1. The van der Waals surface area contributed by atoms with Crippen LogP contribution in [0.25, 0.3) is 0 Å². The largest absolute Gasteiger partial charge is 0.457 e. The van der Waals surface area contributed by atoms with Crippen molar-refractivity contribution in [2.24, 2.45) is 0 Å². The number of Topliss-reactive ketones (excluding diaryl/α,β-unsaturated/α-hetero) is 1. The van der Waals surface area contributed by atoms with Crippen molar-refractivity contribution in [2.75, 3.05) is 0 Å². The van der Waals surface area contributed by atoms with E-state index in [4.69, 9.17) is 16.3 Å². The van der Waals surface area contributed by atoms with E-state index in [2.05, 4.69) is 15.5 Å². The van der Waals surface area contributed by atoms with Crippen LogP contribution in [0, 0.1) is 0 Å². The van der Waals surface area contributed by atoms with E-state index in [-0.39, 0.29) is 25.2 Å². The zero-order chi connectivity index (χ0) is 15.9. The molecule has 0 amide bonds. The number of carbonyl (C=O) groups is 2. The highest BCUT2D eigenvalue weighted by Gasteiger charge is 2.13. The lowest BCUT2D eigenvalue weighted by molar-refractivity contribution is -0.145. The van der Waals surface area contributed by atoms with Crippen molar-refractivity contribution < 1.29 is 14.3 Å². The molecular formula is C13H15ClN4O3S. The minimum Gasteiger partial charge on any atom is -0.457 e. The molecule has 9 heteroatoms. The summed E-state index contributed by atoms with van der Waals surface area (Å²) in [6.45, 7) is 2.67. The van der Waals surface area contributed by atoms with Gasteiger partial charge < -0.3 is 4.74 Å². The standard InChI is InChI=1S/C13H15ClN4O3S/c1-2-7-18-12(15-16-17-18)8-21-13(20)6-3-9(19)10-4-5-11(14)22-10/h4-5H,2-3,6-8H2,1H3. The predicted molar refractivity (Wildman–Crippen MR) is 80.8 cm³/mol. The van der Waals surface area contributed by atoms with Crippen molar-refractivity contribution in [2.45, 2.75) is 39.3 Å². The number of esters is 1. The molecule has 0 aliphatic heterocycles. The molecule has 22 heavy (non-hydrogen) atoms. The molecule has 2 heterocycles. The molecule has 0 bridgehead atoms. The second kappa shape index (κ2) is 8.00. The first-order valence-corrected chi connectivity index (χ1v) is 7.98. The highest BCUT2D eigenvalue weighted by molar-refractivity contribution is 7.18. The average Bonchev–Trinajstić information content (AvgIpc) is 3.12. The maximum absolute atomic E-state index is 11.8. The minimum atomic E-state index is -0.456. The van der Waals surface area contributed by atoms with Crippen molar-refractivity contribution in [3.05, 3.63) is 27.2 Å². The Morgan fingerprint density at radius 2 is 2.18 bits per heavy atom. The van der Waals surface area contributed by atoms with E-state index in [1.54, 1.807) is 16.8 Å². The number of thiophene rings is 1. The van der Waals surface area contributed by atoms with Gasteiger partial charge in [0.25, 0.3) is 0 Å². The molecule has 0 unspecified atom stereocenters. The third-order valence-corrected chi connectivity index (χ3v) is 4.08. The van der Waals surface area contributed by atoms with Crippen LogP contribution in [0.2, 0.25) is 4.34 Å². The predicted octanol–water partition coefficient (Wildman–Crippen LogP) is 2.50. The van der Waals surface area contributed by atoms with E-state index < -0.39 is 5.97 Å². The molecule has 0 saturated heterocycles. The topological polar surface area (TPSA) is 87.0 Å². The number of ketones is 1. The van der Waals surface area contributed by atoms with Gasteiger partial charge in [-0.15, -0.1) is 16.4 Å². The summed E-state index contributed by atoms with van der Waals surface area (Å²) in [5.41, 5.74) is 0. The maximum atomic E-state index is 11.8. The van der Waals surface area contributed by atoms with Crippen molar-refractivity contribution >= 4 is 34.7 Å². The van der Waals surface area contributed by atoms with Crippen molar-refractivity contribution in [1.82, 2.24) is 20.2 Å². The minimum absolute atomic E-state index is 0.00482. The van der Waals surface area contributed by atoms with Crippen LogP contribution in [0.5, 0.6) is 0 Å². The smallest absolute Gasteiger partial charge is 0.306 e. The number of rotatable bonds is 8. The number of hydrogen-bond acceptors (Lipinski definition) is 7. The van der Waals surface area contributed by atoms with Crippen LogP contribution in [0.3, 0.4) is 0 Å². The first kappa shape index (κ1) is 16.6. The summed E-state index contributed by atoms with van der Waals surface area (Å²) < 4.78 is 7.23. The monoisotopic (exact) mass is 342 g/mol. The van der Waals surface area contributed by atoms with Crippen LogP contribution < -0.4 is 0 Å². The molecule has 0 saturated carbocycles. The fraction of sp³-hybridized carbons (Fsp3) is 0.462. The molecule has 2 rings (SSSR count). The molecule has 0 fully saturated rings. The molecular weight excluding hydrogens is 328 g/mol. The summed E-state index contributed by atoms with van der Waals surface area (Å²) in [4.78, 5) is 24.1. The summed E-state index contributed by atoms with van der Waals surface area (Å²) in [6.07, 6.45) is 0.989. The Bertz CT molecular complexity index is 655. The van der Waals surface area contributed by atoms with Gasteiger partial charge in [-0.2, -0.15) is 0 Å². The van der Waals surface area contributed by atoms with Gasteiger partial charge in [0, 0.05) is 13.0 Å². The third-order valence-electron chi connectivity index (χ3n) is 2.81. The van der Waals surface area contributed by atoms with E-state index in [0.717, 1.165) is 6.42 Å². The Morgan fingerprint density at radius 3 is 2.86 bits per heavy atom. The van der Waals surface area contributed by atoms with Gasteiger partial charge >= 0.3 is 5.97 Å². The van der Waals surface area contributed by atoms with Gasteiger partial charge in [-0.1, -0.05) is 18.5 Å². The van der Waals surface area contributed by atoms with Gasteiger partial charge in [0.15, 0.2) is 18.2 Å². The molecule has 0 aliphatic carbocycles. The van der Waals surface area contributed by atoms with Gasteiger partial charge in [-0.05, 0) is 29.0 Å². The lowest BCUT2D eigenvalue weighted by Gasteiger charge is -2.04. The zero-order valence-electron chi connectivity index (χ0n) is 12.0. The molecule has 0 aliphatic rings. The Balaban J connectivity index is 1.76. The van der Waals surface area contributed by atoms with Crippen LogP contribution in [0.4, 0.5) is 0 Å². The highest BCUT2D eigenvalue weighted by Crippen LogP contribution is 2.22. The van der Waals surface area contributed by atoms with Crippen LogP contribution in [-0.2, 0) is 22.7 Å². The van der Waals surface area contributed by atoms with Crippen molar-refractivity contribution in [3.63, 3.8) is 0 Å². The maximum Gasteiger partial charge on any atom is 0.306 e. The molecule has 2 aromatic rings. The molecule has 0 atom stereocenters. The van der Waals surface area contributed by atoms with Gasteiger partial charge in [0.05, 0.1) is 15.6 Å². The molecule has 0 N–H and O–H groups in total. The molecule has 2 aromatic heterocycles. The van der Waals surface area contributed by atoms with Gasteiger partial charge in [0.2, 0.25) is 0 Å². The Morgan fingerprint density at radius 1 is 1.36 bits per heavy atom. The van der Waals surface area contributed by atoms with E-state index >= 15 is 0 Å². The second-order valence-corrected chi connectivity index (χ2v) is 6.22. The first-order chi connectivity index (χ1) is 10.6. The normalized spacial score (nSPS) is 10.6. The Labute approximate surface area is 136 Å². The number of ether oxygens (including phenoxy) is 1. The summed E-state index contributed by atoms with van der Waals surface area (Å²) in [5.74, 6) is -0.0849. The third kappa shape index (κ3) is 4.60. The lowest BCUT2D eigenvalue weighted by atomic mass is 10.2. The highest BCUT2D eigenvalue weighted by atomic mass is 35.5. The average molecular weight is 343 g/mol. The number of carbonyl (C=O) groups excluding carboxylic acids is 2. The number of nitrogens with zero attached hydrogens (tertiary/aromatic N) is 4. The fourth-order valence-corrected chi connectivity index (χ4v) is 2.74. The quantitative estimate of drug-likeness (QED) is 0.541. The summed E-state index contributed by atoms with van der Waals surface area (Å²) in [6, 6.07) is 3.31. The number of hydrogen-bond donors (Lipinski definition) is 0. The number of aryl methyl sites for hydroxylation is 1. The SMILES string of the molecule is CCCn1nnnc1COC(=O)CCC(=O)c1ccc(Cl)s1. The van der Waals surface area contributed by atoms with Crippen LogP contribution in [-0.4, -0.2) is 32.0 Å². The molecule has 0 spiro atoms. The first-order valence-electron chi connectivity index (χ1n) is 6.79. The van der Waals surface area contributed by atoms with E-state index in [1.807, 2.05) is 6.92 Å². The zero-order valence-corrected chi connectivity index (χ0v) is 13.6. The molecule has 118 valence electrons.